The zero-order valence-electron chi connectivity index (χ0n) is 21.0. The van der Waals surface area contributed by atoms with E-state index in [1.54, 1.807) is 31.4 Å². The molecule has 37 heavy (non-hydrogen) atoms. The molecule has 2 N–H and O–H groups in total. The minimum atomic E-state index is -0.505. The number of amides is 1. The molecule has 0 saturated carbocycles. The van der Waals surface area contributed by atoms with Gasteiger partial charge in [0.1, 0.15) is 23.7 Å². The van der Waals surface area contributed by atoms with E-state index in [-0.39, 0.29) is 10.9 Å². The number of benzene rings is 2. The summed E-state index contributed by atoms with van der Waals surface area (Å²) in [7, 11) is 3.27. The Bertz CT molecular complexity index is 1260. The number of likely N-dealkylation sites (tertiary alicyclic amines) is 1. The van der Waals surface area contributed by atoms with Gasteiger partial charge in [-0.3, -0.25) is 9.69 Å². The van der Waals surface area contributed by atoms with E-state index in [0.29, 0.717) is 39.8 Å². The van der Waals surface area contributed by atoms with Gasteiger partial charge >= 0.3 is 0 Å². The number of fused-ring (bicyclic) bond motifs is 1. The summed E-state index contributed by atoms with van der Waals surface area (Å²) >= 11 is 5.91. The van der Waals surface area contributed by atoms with Gasteiger partial charge in [-0.1, -0.05) is 17.7 Å². The highest BCUT2D eigenvalue weighted by atomic mass is 35.5. The molecule has 1 aliphatic rings. The molecule has 1 fully saturated rings. The fourth-order valence-corrected chi connectivity index (χ4v) is 4.57. The molecule has 1 aliphatic heterocycles. The second-order valence-electron chi connectivity index (χ2n) is 8.96. The molecule has 0 spiro atoms. The fourth-order valence-electron chi connectivity index (χ4n) is 4.39. The van der Waals surface area contributed by atoms with Gasteiger partial charge in [-0.2, -0.15) is 0 Å². The maximum atomic E-state index is 13.5. The van der Waals surface area contributed by atoms with Crippen LogP contribution in [0.1, 0.15) is 19.3 Å². The second-order valence-corrected chi connectivity index (χ2v) is 9.37. The molecule has 2 heterocycles. The first-order valence-corrected chi connectivity index (χ1v) is 12.6. The van der Waals surface area contributed by atoms with Gasteiger partial charge in [-0.15, -0.1) is 0 Å². The highest BCUT2D eigenvalue weighted by Crippen LogP contribution is 2.33. The second kappa shape index (κ2) is 12.8. The largest absolute Gasteiger partial charge is 0.494 e. The molecule has 4 rings (SSSR count). The third kappa shape index (κ3) is 7.15. The summed E-state index contributed by atoms with van der Waals surface area (Å²) in [6, 6.07) is 7.79. The van der Waals surface area contributed by atoms with Crippen LogP contribution in [-0.2, 0) is 9.53 Å². The molecule has 1 saturated heterocycles. The number of carbonyl (C=O) groups is 1. The van der Waals surface area contributed by atoms with Crippen molar-refractivity contribution in [3.05, 3.63) is 59.7 Å². The molecular formula is C27H31ClFN5O3. The summed E-state index contributed by atoms with van der Waals surface area (Å²) in [6.07, 6.45) is 8.25. The van der Waals surface area contributed by atoms with Crippen molar-refractivity contribution in [1.82, 2.24) is 14.9 Å². The molecule has 196 valence electrons. The summed E-state index contributed by atoms with van der Waals surface area (Å²) < 4.78 is 24.2. The number of rotatable bonds is 10. The highest BCUT2D eigenvalue weighted by Gasteiger charge is 2.18. The van der Waals surface area contributed by atoms with E-state index in [1.807, 2.05) is 6.08 Å². The van der Waals surface area contributed by atoms with E-state index in [1.165, 1.54) is 25.6 Å². The summed E-state index contributed by atoms with van der Waals surface area (Å²) in [5.74, 6) is 0.905. The first kappa shape index (κ1) is 26.8. The van der Waals surface area contributed by atoms with Crippen LogP contribution < -0.4 is 15.4 Å². The standard InChI is InChI=1S/C27H31ClFN5O3/c1-36-13-9-18-7-11-34(12-8-18)10-3-4-26(35)33-24-15-20-23(16-25(24)37-2)30-17-31-27(20)32-19-5-6-22(29)21(28)14-19/h3-6,14-18H,7-13H2,1-2H3,(H,33,35)(H,30,31,32). The first-order valence-electron chi connectivity index (χ1n) is 12.2. The predicted molar refractivity (Wildman–Crippen MR) is 144 cm³/mol. The first-order chi connectivity index (χ1) is 18.0. The van der Waals surface area contributed by atoms with Gasteiger partial charge in [0, 0.05) is 43.5 Å². The van der Waals surface area contributed by atoms with Crippen LogP contribution in [-0.4, -0.2) is 61.2 Å². The van der Waals surface area contributed by atoms with E-state index in [4.69, 9.17) is 21.1 Å². The number of nitrogens with one attached hydrogen (secondary N) is 2. The van der Waals surface area contributed by atoms with Gasteiger partial charge in [-0.05, 0) is 62.5 Å². The lowest BCUT2D eigenvalue weighted by Gasteiger charge is -2.31. The molecule has 2 aromatic carbocycles. The molecule has 0 bridgehead atoms. The number of carbonyl (C=O) groups excluding carboxylic acids is 1. The van der Waals surface area contributed by atoms with Gasteiger partial charge in [0.05, 0.1) is 23.3 Å². The third-order valence-electron chi connectivity index (χ3n) is 6.47. The summed E-state index contributed by atoms with van der Waals surface area (Å²) in [5.41, 5.74) is 1.67. The van der Waals surface area contributed by atoms with Crippen LogP contribution in [0.5, 0.6) is 5.75 Å². The number of hydrogen-bond acceptors (Lipinski definition) is 7. The molecule has 0 atom stereocenters. The van der Waals surface area contributed by atoms with Crippen LogP contribution in [0.4, 0.5) is 21.6 Å². The molecule has 1 amide bonds. The maximum absolute atomic E-state index is 13.5. The number of ether oxygens (including phenoxy) is 2. The van der Waals surface area contributed by atoms with Gasteiger partial charge in [0.25, 0.3) is 0 Å². The molecule has 0 unspecified atom stereocenters. The lowest BCUT2D eigenvalue weighted by Crippen LogP contribution is -2.34. The number of nitrogens with zero attached hydrogens (tertiary/aromatic N) is 3. The van der Waals surface area contributed by atoms with Crippen molar-refractivity contribution in [2.45, 2.75) is 19.3 Å². The Morgan fingerprint density at radius 2 is 2.03 bits per heavy atom. The monoisotopic (exact) mass is 527 g/mol. The Hall–Kier alpha value is -3.27. The van der Waals surface area contributed by atoms with Crippen LogP contribution in [0.15, 0.2) is 48.8 Å². The molecule has 0 radical (unpaired) electrons. The molecule has 3 aromatic rings. The van der Waals surface area contributed by atoms with Crippen LogP contribution in [0, 0.1) is 11.7 Å². The zero-order chi connectivity index (χ0) is 26.2. The van der Waals surface area contributed by atoms with Crippen LogP contribution in [0.2, 0.25) is 5.02 Å². The van der Waals surface area contributed by atoms with Crippen LogP contribution >= 0.6 is 11.6 Å². The fraction of sp³-hybridized carbons (Fsp3) is 0.370. The van der Waals surface area contributed by atoms with Gasteiger partial charge in [0.2, 0.25) is 5.91 Å². The summed E-state index contributed by atoms with van der Waals surface area (Å²) in [5, 5.41) is 6.68. The number of aromatic nitrogens is 2. The normalized spacial score (nSPS) is 14.8. The summed E-state index contributed by atoms with van der Waals surface area (Å²) in [6.45, 7) is 3.58. The minimum Gasteiger partial charge on any atom is -0.494 e. The Kier molecular flexibility index (Phi) is 9.27. The van der Waals surface area contributed by atoms with Crippen molar-refractivity contribution in [2.75, 3.05) is 51.1 Å². The SMILES string of the molecule is COCCC1CCN(CC=CC(=O)Nc2cc3c(Nc4ccc(F)c(Cl)c4)ncnc3cc2OC)CC1. The topological polar surface area (TPSA) is 88.6 Å². The van der Waals surface area contributed by atoms with E-state index in [2.05, 4.69) is 25.5 Å². The van der Waals surface area contributed by atoms with E-state index >= 15 is 0 Å². The van der Waals surface area contributed by atoms with E-state index < -0.39 is 5.82 Å². The zero-order valence-corrected chi connectivity index (χ0v) is 21.7. The van der Waals surface area contributed by atoms with Crippen molar-refractivity contribution >= 4 is 45.6 Å². The van der Waals surface area contributed by atoms with Gasteiger partial charge in [-0.25, -0.2) is 14.4 Å². The Balaban J connectivity index is 1.43. The van der Waals surface area contributed by atoms with Crippen molar-refractivity contribution in [3.8, 4) is 5.75 Å². The Morgan fingerprint density at radius 3 is 2.76 bits per heavy atom. The quantitative estimate of drug-likeness (QED) is 0.340. The van der Waals surface area contributed by atoms with E-state index in [0.717, 1.165) is 45.5 Å². The highest BCUT2D eigenvalue weighted by molar-refractivity contribution is 6.31. The Labute approximate surface area is 220 Å². The number of piperidine rings is 1. The lowest BCUT2D eigenvalue weighted by molar-refractivity contribution is -0.111. The number of halogens is 2. The molecule has 10 heteroatoms. The number of methoxy groups -OCH3 is 2. The van der Waals surface area contributed by atoms with Crippen molar-refractivity contribution < 1.29 is 18.7 Å². The predicted octanol–water partition coefficient (Wildman–Crippen LogP) is 5.42. The smallest absolute Gasteiger partial charge is 0.248 e. The van der Waals surface area contributed by atoms with Crippen molar-refractivity contribution in [3.63, 3.8) is 0 Å². The lowest BCUT2D eigenvalue weighted by atomic mass is 9.94. The average molecular weight is 528 g/mol. The molecule has 1 aromatic heterocycles. The van der Waals surface area contributed by atoms with Crippen molar-refractivity contribution in [2.24, 2.45) is 5.92 Å². The number of hydrogen-bond donors (Lipinski definition) is 2. The molecular weight excluding hydrogens is 497 g/mol. The van der Waals surface area contributed by atoms with Crippen LogP contribution in [0.3, 0.4) is 0 Å². The molecule has 0 aliphatic carbocycles. The van der Waals surface area contributed by atoms with Crippen molar-refractivity contribution in [1.29, 1.82) is 0 Å². The maximum Gasteiger partial charge on any atom is 0.248 e. The third-order valence-corrected chi connectivity index (χ3v) is 6.76. The van der Waals surface area contributed by atoms with Gasteiger partial charge in [0.15, 0.2) is 0 Å². The van der Waals surface area contributed by atoms with E-state index in [9.17, 15) is 9.18 Å². The average Bonchev–Trinajstić information content (AvgIpc) is 2.90. The van der Waals surface area contributed by atoms with Crippen LogP contribution in [0.25, 0.3) is 10.9 Å². The summed E-state index contributed by atoms with van der Waals surface area (Å²) in [4.78, 5) is 23.7. The molecule has 8 nitrogen and oxygen atoms in total. The van der Waals surface area contributed by atoms with Gasteiger partial charge < -0.3 is 20.1 Å². The number of anilines is 3. The minimum absolute atomic E-state index is 0.000217. The Morgan fingerprint density at radius 1 is 1.22 bits per heavy atom.